The van der Waals surface area contributed by atoms with Crippen LogP contribution in [0.2, 0.25) is 0 Å². The van der Waals surface area contributed by atoms with Gasteiger partial charge in [-0.15, -0.1) is 0 Å². The lowest BCUT2D eigenvalue weighted by Crippen LogP contribution is -2.15. The van der Waals surface area contributed by atoms with E-state index in [0.29, 0.717) is 11.3 Å². The molecule has 3 aromatic carbocycles. The van der Waals surface area contributed by atoms with Crippen LogP contribution in [-0.4, -0.2) is 28.1 Å². The molecule has 0 atom stereocenters. The van der Waals surface area contributed by atoms with Gasteiger partial charge in [0.2, 0.25) is 0 Å². The van der Waals surface area contributed by atoms with Crippen LogP contribution >= 0.6 is 0 Å². The molecule has 0 unspecified atom stereocenters. The SMILES string of the molecule is CC(C)Oc1ccccc1-c1ccc(C(=O)O)c(NC(=O)c2cncc(-c3ccccc3)c2)c1. The number of para-hydroxylation sites is 1. The first-order valence-electron chi connectivity index (χ1n) is 10.9. The third kappa shape index (κ3) is 5.13. The number of carbonyl (C=O) groups excluding carboxylic acids is 1. The van der Waals surface area contributed by atoms with Crippen LogP contribution in [-0.2, 0) is 0 Å². The van der Waals surface area contributed by atoms with Gasteiger partial charge in [-0.1, -0.05) is 54.6 Å². The number of aromatic carboxylic acids is 1. The predicted octanol–water partition coefficient (Wildman–Crippen LogP) is 6.15. The number of hydrogen-bond donors (Lipinski definition) is 2. The van der Waals surface area contributed by atoms with Crippen LogP contribution in [0.5, 0.6) is 5.75 Å². The molecule has 0 aliphatic heterocycles. The van der Waals surface area contributed by atoms with Crippen molar-refractivity contribution in [3.05, 3.63) is 102 Å². The fourth-order valence-electron chi connectivity index (χ4n) is 3.61. The summed E-state index contributed by atoms with van der Waals surface area (Å²) in [5, 5.41) is 12.4. The molecule has 0 radical (unpaired) electrons. The second-order valence-corrected chi connectivity index (χ2v) is 8.01. The zero-order valence-electron chi connectivity index (χ0n) is 18.9. The summed E-state index contributed by atoms with van der Waals surface area (Å²) in [6.45, 7) is 3.88. The Hall–Kier alpha value is -4.45. The molecule has 2 N–H and O–H groups in total. The van der Waals surface area contributed by atoms with E-state index < -0.39 is 11.9 Å². The molecule has 0 fully saturated rings. The molecule has 0 saturated carbocycles. The summed E-state index contributed by atoms with van der Waals surface area (Å²) in [6, 6.07) is 23.7. The van der Waals surface area contributed by atoms with Crippen molar-refractivity contribution >= 4 is 17.6 Å². The minimum atomic E-state index is -1.13. The molecule has 0 aliphatic carbocycles. The standard InChI is InChI=1S/C28H24N2O4/c1-18(2)34-26-11-7-6-10-23(26)20-12-13-24(28(32)33)25(15-20)30-27(31)22-14-21(16-29-17-22)19-8-4-3-5-9-19/h3-18H,1-2H3,(H,30,31)(H,32,33). The number of amides is 1. The normalized spacial score (nSPS) is 10.7. The van der Waals surface area contributed by atoms with Crippen LogP contribution in [0, 0.1) is 0 Å². The average molecular weight is 453 g/mol. The van der Waals surface area contributed by atoms with Crippen molar-refractivity contribution in [1.29, 1.82) is 0 Å². The predicted molar refractivity (Wildman–Crippen MR) is 132 cm³/mol. The van der Waals surface area contributed by atoms with Gasteiger partial charge in [-0.2, -0.15) is 0 Å². The fraction of sp³-hybridized carbons (Fsp3) is 0.107. The highest BCUT2D eigenvalue weighted by atomic mass is 16.5. The van der Waals surface area contributed by atoms with Gasteiger partial charge in [0.15, 0.2) is 0 Å². The van der Waals surface area contributed by atoms with E-state index in [1.807, 2.05) is 68.4 Å². The van der Waals surface area contributed by atoms with Crippen molar-refractivity contribution in [1.82, 2.24) is 4.98 Å². The minimum Gasteiger partial charge on any atom is -0.490 e. The second kappa shape index (κ2) is 10.0. The number of pyridine rings is 1. The van der Waals surface area contributed by atoms with Gasteiger partial charge < -0.3 is 15.2 Å². The Kier molecular flexibility index (Phi) is 6.69. The lowest BCUT2D eigenvalue weighted by Gasteiger charge is -2.16. The maximum Gasteiger partial charge on any atom is 0.337 e. The van der Waals surface area contributed by atoms with Crippen molar-refractivity contribution < 1.29 is 19.4 Å². The molecule has 1 aromatic heterocycles. The largest absolute Gasteiger partial charge is 0.490 e. The van der Waals surface area contributed by atoms with Crippen LogP contribution in [0.4, 0.5) is 5.69 Å². The summed E-state index contributed by atoms with van der Waals surface area (Å²) in [5.74, 6) is -0.904. The van der Waals surface area contributed by atoms with Crippen LogP contribution in [0.1, 0.15) is 34.6 Å². The number of benzene rings is 3. The molecule has 0 saturated heterocycles. The number of carbonyl (C=O) groups is 2. The maximum atomic E-state index is 13.1. The summed E-state index contributed by atoms with van der Waals surface area (Å²) >= 11 is 0. The van der Waals surface area contributed by atoms with Crippen molar-refractivity contribution in [2.75, 3.05) is 5.32 Å². The van der Waals surface area contributed by atoms with E-state index in [9.17, 15) is 14.7 Å². The van der Waals surface area contributed by atoms with Crippen LogP contribution in [0.25, 0.3) is 22.3 Å². The van der Waals surface area contributed by atoms with Gasteiger partial charge in [0.25, 0.3) is 5.91 Å². The first-order chi connectivity index (χ1) is 16.4. The Morgan fingerprint density at radius 1 is 0.853 bits per heavy atom. The van der Waals surface area contributed by atoms with E-state index in [0.717, 1.165) is 22.3 Å². The van der Waals surface area contributed by atoms with Crippen LogP contribution < -0.4 is 10.1 Å². The van der Waals surface area contributed by atoms with Gasteiger partial charge in [0, 0.05) is 23.5 Å². The maximum absolute atomic E-state index is 13.1. The van der Waals surface area contributed by atoms with E-state index in [4.69, 9.17) is 4.74 Å². The summed E-state index contributed by atoms with van der Waals surface area (Å²) in [7, 11) is 0. The molecule has 1 amide bonds. The third-order valence-corrected chi connectivity index (χ3v) is 5.17. The molecule has 0 bridgehead atoms. The summed E-state index contributed by atoms with van der Waals surface area (Å²) in [4.78, 5) is 29.1. The number of aromatic nitrogens is 1. The number of carboxylic acid groups (broad SMARTS) is 1. The summed E-state index contributed by atoms with van der Waals surface area (Å²) in [6.07, 6.45) is 3.11. The molecule has 6 heteroatoms. The van der Waals surface area contributed by atoms with Gasteiger partial charge in [-0.25, -0.2) is 4.79 Å². The third-order valence-electron chi connectivity index (χ3n) is 5.17. The number of nitrogens with one attached hydrogen (secondary N) is 1. The van der Waals surface area contributed by atoms with Crippen molar-refractivity contribution in [3.8, 4) is 28.0 Å². The lowest BCUT2D eigenvalue weighted by molar-refractivity contribution is 0.0698. The Morgan fingerprint density at radius 2 is 1.59 bits per heavy atom. The Bertz CT molecular complexity index is 1330. The molecular weight excluding hydrogens is 428 g/mol. The summed E-state index contributed by atoms with van der Waals surface area (Å²) in [5.41, 5.74) is 3.77. The van der Waals surface area contributed by atoms with Gasteiger partial charge in [-0.3, -0.25) is 9.78 Å². The Balaban J connectivity index is 1.68. The molecule has 6 nitrogen and oxygen atoms in total. The smallest absolute Gasteiger partial charge is 0.337 e. The zero-order valence-corrected chi connectivity index (χ0v) is 18.9. The van der Waals surface area contributed by atoms with Gasteiger partial charge >= 0.3 is 5.97 Å². The van der Waals surface area contributed by atoms with E-state index in [-0.39, 0.29) is 17.4 Å². The summed E-state index contributed by atoms with van der Waals surface area (Å²) < 4.78 is 5.91. The zero-order chi connectivity index (χ0) is 24.1. The van der Waals surface area contributed by atoms with Gasteiger partial charge in [0.1, 0.15) is 5.75 Å². The molecule has 4 rings (SSSR count). The number of nitrogens with zero attached hydrogens (tertiary/aromatic N) is 1. The lowest BCUT2D eigenvalue weighted by atomic mass is 10.0. The minimum absolute atomic E-state index is 0.00784. The van der Waals surface area contributed by atoms with Crippen LogP contribution in [0.15, 0.2) is 91.3 Å². The fourth-order valence-corrected chi connectivity index (χ4v) is 3.61. The molecular formula is C28H24N2O4. The highest BCUT2D eigenvalue weighted by Crippen LogP contribution is 2.33. The first-order valence-corrected chi connectivity index (χ1v) is 10.9. The number of carboxylic acids is 1. The molecule has 170 valence electrons. The number of rotatable bonds is 7. The van der Waals surface area contributed by atoms with Gasteiger partial charge in [-0.05, 0) is 49.2 Å². The number of ether oxygens (including phenoxy) is 1. The number of hydrogen-bond acceptors (Lipinski definition) is 4. The average Bonchev–Trinajstić information content (AvgIpc) is 2.84. The van der Waals surface area contributed by atoms with E-state index in [2.05, 4.69) is 10.3 Å². The van der Waals surface area contributed by atoms with Gasteiger partial charge in [0.05, 0.1) is 22.9 Å². The van der Waals surface area contributed by atoms with Crippen molar-refractivity contribution in [2.24, 2.45) is 0 Å². The molecule has 34 heavy (non-hydrogen) atoms. The van der Waals surface area contributed by atoms with Crippen LogP contribution in [0.3, 0.4) is 0 Å². The molecule has 0 aliphatic rings. The highest BCUT2D eigenvalue weighted by Gasteiger charge is 2.17. The quantitative estimate of drug-likeness (QED) is 0.351. The topological polar surface area (TPSA) is 88.5 Å². The molecule has 4 aromatic rings. The van der Waals surface area contributed by atoms with Crippen molar-refractivity contribution in [3.63, 3.8) is 0 Å². The highest BCUT2D eigenvalue weighted by molar-refractivity contribution is 6.08. The van der Waals surface area contributed by atoms with Crippen molar-refractivity contribution in [2.45, 2.75) is 20.0 Å². The van der Waals surface area contributed by atoms with E-state index in [1.54, 1.807) is 24.4 Å². The Morgan fingerprint density at radius 3 is 2.32 bits per heavy atom. The Labute approximate surface area is 197 Å². The number of anilines is 1. The molecule has 1 heterocycles. The monoisotopic (exact) mass is 452 g/mol. The van der Waals surface area contributed by atoms with E-state index >= 15 is 0 Å². The van der Waals surface area contributed by atoms with E-state index in [1.165, 1.54) is 12.3 Å². The molecule has 0 spiro atoms. The second-order valence-electron chi connectivity index (χ2n) is 8.01. The first kappa shape index (κ1) is 22.7.